The number of hydrogen-bond donors (Lipinski definition) is 2. The van der Waals surface area contributed by atoms with Gasteiger partial charge in [-0.3, -0.25) is 9.52 Å². The Kier molecular flexibility index (Phi) is 5.44. The van der Waals surface area contributed by atoms with Crippen LogP contribution in [0, 0.1) is 0 Å². The summed E-state index contributed by atoms with van der Waals surface area (Å²) in [5, 5.41) is 4.58. The van der Waals surface area contributed by atoms with E-state index in [1.807, 2.05) is 18.2 Å². The summed E-state index contributed by atoms with van der Waals surface area (Å²) >= 11 is 1.12. The van der Waals surface area contributed by atoms with Gasteiger partial charge in [0.05, 0.1) is 22.3 Å². The highest BCUT2D eigenvalue weighted by atomic mass is 32.2. The Bertz CT molecular complexity index is 1390. The van der Waals surface area contributed by atoms with Crippen molar-refractivity contribution in [2.75, 3.05) is 10.0 Å². The highest BCUT2D eigenvalue weighted by Crippen LogP contribution is 2.26. The van der Waals surface area contributed by atoms with E-state index in [4.69, 9.17) is 4.98 Å². The Labute approximate surface area is 190 Å². The molecule has 0 radical (unpaired) electrons. The van der Waals surface area contributed by atoms with E-state index < -0.39 is 15.9 Å². The smallest absolute Gasteiger partial charge is 0.271 e. The molecule has 2 aromatic heterocycles. The molecule has 4 aromatic rings. The number of hydrogen-bond acceptors (Lipinski definition) is 5. The van der Waals surface area contributed by atoms with Gasteiger partial charge in [-0.1, -0.05) is 24.6 Å². The molecule has 5 rings (SSSR count). The molecule has 1 amide bonds. The second-order valence-corrected chi connectivity index (χ2v) is 10.6. The van der Waals surface area contributed by atoms with Gasteiger partial charge in [0.2, 0.25) is 0 Å². The van der Waals surface area contributed by atoms with Crippen LogP contribution in [0.5, 0.6) is 0 Å². The molecule has 0 saturated carbocycles. The molecule has 0 saturated heterocycles. The maximum atomic E-state index is 13.0. The third kappa shape index (κ3) is 4.01. The molecule has 164 valence electrons. The van der Waals surface area contributed by atoms with Crippen LogP contribution in [0.2, 0.25) is 0 Å². The van der Waals surface area contributed by atoms with E-state index in [0.717, 1.165) is 54.0 Å². The molecule has 2 N–H and O–H groups in total. The van der Waals surface area contributed by atoms with Crippen molar-refractivity contribution < 1.29 is 13.2 Å². The number of amides is 1. The summed E-state index contributed by atoms with van der Waals surface area (Å²) in [6, 6.07) is 15.5. The number of aryl methyl sites for hydroxylation is 2. The zero-order valence-electron chi connectivity index (χ0n) is 17.2. The van der Waals surface area contributed by atoms with Crippen LogP contribution < -0.4 is 10.0 Å². The second-order valence-electron chi connectivity index (χ2n) is 7.73. The second kappa shape index (κ2) is 8.40. The Morgan fingerprint density at radius 3 is 2.75 bits per heavy atom. The summed E-state index contributed by atoms with van der Waals surface area (Å²) in [4.78, 5) is 17.8. The summed E-state index contributed by atoms with van der Waals surface area (Å²) in [5.74, 6) is 0.698. The number of carbonyl (C=O) groups is 1. The van der Waals surface area contributed by atoms with E-state index in [-0.39, 0.29) is 15.5 Å². The van der Waals surface area contributed by atoms with E-state index in [0.29, 0.717) is 5.69 Å². The lowest BCUT2D eigenvalue weighted by molar-refractivity contribution is 0.102. The number of thiophene rings is 1. The lowest BCUT2D eigenvalue weighted by Gasteiger charge is -2.12. The first-order chi connectivity index (χ1) is 15.5. The molecule has 3 heterocycles. The number of carbonyl (C=O) groups excluding carboxylic acids is 1. The van der Waals surface area contributed by atoms with Crippen molar-refractivity contribution in [3.05, 3.63) is 71.4 Å². The number of aromatic nitrogens is 2. The van der Waals surface area contributed by atoms with Gasteiger partial charge < -0.3 is 9.88 Å². The van der Waals surface area contributed by atoms with E-state index in [2.05, 4.69) is 14.6 Å². The number of rotatable bonds is 5. The SMILES string of the molecule is O=C(Nc1ccc2c(c1)nc1n2CCCCC1)c1ccccc1NS(=O)(=O)c1cccs1. The number of sulfonamides is 1. The van der Waals surface area contributed by atoms with Gasteiger partial charge in [-0.15, -0.1) is 11.3 Å². The zero-order valence-corrected chi connectivity index (χ0v) is 18.9. The predicted octanol–water partition coefficient (Wildman–Crippen LogP) is 4.88. The van der Waals surface area contributed by atoms with Crippen LogP contribution in [0.15, 0.2) is 64.2 Å². The molecule has 7 nitrogen and oxygen atoms in total. The fourth-order valence-electron chi connectivity index (χ4n) is 4.01. The minimum atomic E-state index is -3.76. The van der Waals surface area contributed by atoms with Gasteiger partial charge in [0.15, 0.2) is 0 Å². The van der Waals surface area contributed by atoms with E-state index in [9.17, 15) is 13.2 Å². The molecule has 0 spiro atoms. The number of nitrogens with one attached hydrogen (secondary N) is 2. The van der Waals surface area contributed by atoms with E-state index >= 15 is 0 Å². The molecule has 2 aromatic carbocycles. The maximum Gasteiger partial charge on any atom is 0.271 e. The minimum Gasteiger partial charge on any atom is -0.328 e. The van der Waals surface area contributed by atoms with Gasteiger partial charge >= 0.3 is 0 Å². The zero-order chi connectivity index (χ0) is 22.1. The van der Waals surface area contributed by atoms with Crippen LogP contribution in [-0.2, 0) is 23.0 Å². The Balaban J connectivity index is 1.40. The van der Waals surface area contributed by atoms with E-state index in [1.165, 1.54) is 12.5 Å². The normalized spacial score (nSPS) is 14.0. The summed E-state index contributed by atoms with van der Waals surface area (Å²) in [6.45, 7) is 0.968. The van der Waals surface area contributed by atoms with Crippen LogP contribution in [0.1, 0.15) is 35.4 Å². The third-order valence-electron chi connectivity index (χ3n) is 5.54. The van der Waals surface area contributed by atoms with Crippen LogP contribution in [0.3, 0.4) is 0 Å². The molecule has 1 aliphatic rings. The van der Waals surface area contributed by atoms with Crippen LogP contribution >= 0.6 is 11.3 Å². The standard InChI is InChI=1S/C23H22N4O3S2/c28-23(17-7-3-4-8-18(17)26-32(29,30)22-10-6-14-31-22)24-16-11-12-20-19(15-16)25-21-9-2-1-5-13-27(20)21/h3-4,6-8,10-12,14-15,26H,1-2,5,9,13H2,(H,24,28). The lowest BCUT2D eigenvalue weighted by Crippen LogP contribution is -2.18. The van der Waals surface area contributed by atoms with Crippen molar-refractivity contribution in [1.82, 2.24) is 9.55 Å². The van der Waals surface area contributed by atoms with Gasteiger partial charge in [-0.2, -0.15) is 0 Å². The van der Waals surface area contributed by atoms with E-state index in [1.54, 1.807) is 35.7 Å². The first kappa shape index (κ1) is 20.7. The van der Waals surface area contributed by atoms with Gasteiger partial charge in [-0.25, -0.2) is 13.4 Å². The fourth-order valence-corrected chi connectivity index (χ4v) is 6.08. The number of imidazole rings is 1. The van der Waals surface area contributed by atoms with Crippen molar-refractivity contribution in [3.63, 3.8) is 0 Å². The maximum absolute atomic E-state index is 13.0. The Morgan fingerprint density at radius 2 is 1.91 bits per heavy atom. The van der Waals surface area contributed by atoms with Crippen molar-refractivity contribution in [2.45, 2.75) is 36.4 Å². The Morgan fingerprint density at radius 1 is 1.03 bits per heavy atom. The molecule has 0 bridgehead atoms. The summed E-state index contributed by atoms with van der Waals surface area (Å²) in [6.07, 6.45) is 4.48. The highest BCUT2D eigenvalue weighted by molar-refractivity contribution is 7.94. The summed E-state index contributed by atoms with van der Waals surface area (Å²) < 4.78 is 30.2. The molecule has 0 unspecified atom stereocenters. The van der Waals surface area contributed by atoms with Crippen molar-refractivity contribution >= 4 is 49.7 Å². The minimum absolute atomic E-state index is 0.192. The molecule has 1 aliphatic heterocycles. The fraction of sp³-hybridized carbons (Fsp3) is 0.217. The number of benzene rings is 2. The van der Waals surface area contributed by atoms with Crippen LogP contribution in [-0.4, -0.2) is 23.9 Å². The molecule has 32 heavy (non-hydrogen) atoms. The van der Waals surface area contributed by atoms with Gasteiger partial charge in [0, 0.05) is 18.7 Å². The first-order valence-corrected chi connectivity index (χ1v) is 12.8. The van der Waals surface area contributed by atoms with Crippen molar-refractivity contribution in [3.8, 4) is 0 Å². The lowest BCUT2D eigenvalue weighted by atomic mass is 10.1. The van der Waals surface area contributed by atoms with Crippen molar-refractivity contribution in [1.29, 1.82) is 0 Å². The summed E-state index contributed by atoms with van der Waals surface area (Å²) in [5.41, 5.74) is 3.02. The van der Waals surface area contributed by atoms with Gasteiger partial charge in [0.25, 0.3) is 15.9 Å². The number of para-hydroxylation sites is 1. The number of nitrogens with zero attached hydrogens (tertiary/aromatic N) is 2. The Hall–Kier alpha value is -3.17. The molecule has 0 atom stereocenters. The quantitative estimate of drug-likeness (QED) is 0.439. The van der Waals surface area contributed by atoms with Crippen LogP contribution in [0.4, 0.5) is 11.4 Å². The average molecular weight is 467 g/mol. The third-order valence-corrected chi connectivity index (χ3v) is 8.31. The van der Waals surface area contributed by atoms with Gasteiger partial charge in [-0.05, 0) is 54.6 Å². The van der Waals surface area contributed by atoms with Crippen LogP contribution in [0.25, 0.3) is 11.0 Å². The number of anilines is 2. The topological polar surface area (TPSA) is 93.1 Å². The van der Waals surface area contributed by atoms with Gasteiger partial charge in [0.1, 0.15) is 10.0 Å². The molecule has 0 fully saturated rings. The monoisotopic (exact) mass is 466 g/mol. The molecular formula is C23H22N4O3S2. The molecule has 9 heteroatoms. The van der Waals surface area contributed by atoms with Crippen molar-refractivity contribution in [2.24, 2.45) is 0 Å². The number of fused-ring (bicyclic) bond motifs is 3. The summed E-state index contributed by atoms with van der Waals surface area (Å²) in [7, 11) is -3.76. The molecular weight excluding hydrogens is 444 g/mol. The first-order valence-electron chi connectivity index (χ1n) is 10.5. The largest absolute Gasteiger partial charge is 0.328 e. The predicted molar refractivity (Wildman–Crippen MR) is 127 cm³/mol. The highest BCUT2D eigenvalue weighted by Gasteiger charge is 2.20. The average Bonchev–Trinajstić information content (AvgIpc) is 3.37. The molecule has 0 aliphatic carbocycles.